The van der Waals surface area contributed by atoms with Gasteiger partial charge < -0.3 is 4.57 Å². The molecule has 1 aromatic carbocycles. The van der Waals surface area contributed by atoms with Gasteiger partial charge in [0.05, 0.1) is 6.33 Å². The minimum absolute atomic E-state index is 0.372. The number of hydrogen-bond acceptors (Lipinski definition) is 6. The third kappa shape index (κ3) is 3.80. The summed E-state index contributed by atoms with van der Waals surface area (Å²) in [6, 6.07) is 12.9. The van der Waals surface area contributed by atoms with Gasteiger partial charge in [0, 0.05) is 29.2 Å². The van der Waals surface area contributed by atoms with E-state index in [1.54, 1.807) is 11.8 Å². The monoisotopic (exact) mass is 515 g/mol. The van der Waals surface area contributed by atoms with Crippen molar-refractivity contribution in [2.24, 2.45) is 7.05 Å². The van der Waals surface area contributed by atoms with Gasteiger partial charge >= 0.3 is 0 Å². The molecule has 146 valence electrons. The molecule has 3 aromatic heterocycles. The fourth-order valence-corrected chi connectivity index (χ4v) is 4.80. The fraction of sp³-hybridized carbons (Fsp3) is 0.250. The van der Waals surface area contributed by atoms with E-state index in [9.17, 15) is 0 Å². The van der Waals surface area contributed by atoms with Crippen molar-refractivity contribution in [2.75, 3.05) is 0 Å². The van der Waals surface area contributed by atoms with Crippen LogP contribution in [0.3, 0.4) is 0 Å². The van der Waals surface area contributed by atoms with Crippen molar-refractivity contribution in [1.82, 2.24) is 35.2 Å². The maximum Gasteiger partial charge on any atom is 0.178 e. The van der Waals surface area contributed by atoms with Gasteiger partial charge in [-0.2, -0.15) is 5.21 Å². The van der Waals surface area contributed by atoms with Gasteiger partial charge in [-0.3, -0.25) is 0 Å². The number of hydrogen-bond donors (Lipinski definition) is 1. The molecule has 3 heterocycles. The summed E-state index contributed by atoms with van der Waals surface area (Å²) in [6.07, 6.45) is 4.87. The number of nitrogens with one attached hydrogen (secondary N) is 1. The number of alkyl halides is 1. The highest BCUT2D eigenvalue weighted by Gasteiger charge is 2.42. The summed E-state index contributed by atoms with van der Waals surface area (Å²) in [6.45, 7) is 0. The molecule has 0 radical (unpaired) electrons. The summed E-state index contributed by atoms with van der Waals surface area (Å²) >= 11 is 3.99. The number of halogens is 1. The van der Waals surface area contributed by atoms with Crippen LogP contribution >= 0.6 is 34.4 Å². The van der Waals surface area contributed by atoms with Gasteiger partial charge in [0.2, 0.25) is 0 Å². The van der Waals surface area contributed by atoms with Crippen LogP contribution in [0.2, 0.25) is 0 Å². The number of nitrogens with zero attached hydrogens (tertiary/aromatic N) is 6. The molecular formula is C20H18IN7S. The molecule has 9 heteroatoms. The number of pyridine rings is 1. The predicted molar refractivity (Wildman–Crippen MR) is 119 cm³/mol. The summed E-state index contributed by atoms with van der Waals surface area (Å²) in [5.74, 6) is 1.65. The standard InChI is InChI=1S/C20H18IN7S/c1-28-11-23-18(20(28)29-17-7-2-12(9-21)10-22-17)14-5-3-13(4-6-14)15-8-16(15)19-24-26-27-25-19/h2-7,10-11,15-16H,8-9H2,1H3,(H,24,25,26,27)/t15-,16+/m1/s1. The Labute approximate surface area is 185 Å². The van der Waals surface area contributed by atoms with Crippen LogP contribution in [-0.4, -0.2) is 35.2 Å². The molecule has 0 aliphatic heterocycles. The van der Waals surface area contributed by atoms with Crippen LogP contribution in [0.15, 0.2) is 59.0 Å². The number of aromatic amines is 1. The van der Waals surface area contributed by atoms with Gasteiger partial charge in [0.15, 0.2) is 5.82 Å². The van der Waals surface area contributed by atoms with Crippen LogP contribution in [0.4, 0.5) is 0 Å². The molecule has 4 aromatic rings. The van der Waals surface area contributed by atoms with Gasteiger partial charge in [-0.25, -0.2) is 9.97 Å². The Morgan fingerprint density at radius 2 is 2.00 bits per heavy atom. The highest BCUT2D eigenvalue weighted by molar-refractivity contribution is 14.1. The van der Waals surface area contributed by atoms with Crippen LogP contribution < -0.4 is 0 Å². The molecule has 5 rings (SSSR count). The molecule has 0 unspecified atom stereocenters. The highest BCUT2D eigenvalue weighted by atomic mass is 127. The van der Waals surface area contributed by atoms with Crippen LogP contribution in [0, 0.1) is 0 Å². The molecule has 1 aliphatic rings. The Balaban J connectivity index is 1.36. The van der Waals surface area contributed by atoms with Crippen molar-refractivity contribution in [1.29, 1.82) is 0 Å². The lowest BCUT2D eigenvalue weighted by Gasteiger charge is -2.07. The van der Waals surface area contributed by atoms with E-state index >= 15 is 0 Å². The van der Waals surface area contributed by atoms with Gasteiger partial charge in [-0.15, -0.1) is 10.2 Å². The maximum absolute atomic E-state index is 4.64. The average molecular weight is 515 g/mol. The van der Waals surface area contributed by atoms with Crippen LogP contribution in [0.1, 0.15) is 35.2 Å². The predicted octanol–water partition coefficient (Wildman–Crippen LogP) is 4.35. The molecule has 0 bridgehead atoms. The van der Waals surface area contributed by atoms with Crippen molar-refractivity contribution in [3.8, 4) is 11.3 Å². The van der Waals surface area contributed by atoms with Crippen molar-refractivity contribution in [3.63, 3.8) is 0 Å². The van der Waals surface area contributed by atoms with E-state index in [4.69, 9.17) is 0 Å². The average Bonchev–Trinajstić information content (AvgIpc) is 3.20. The maximum atomic E-state index is 4.64. The molecule has 0 spiro atoms. The van der Waals surface area contributed by atoms with E-state index in [0.29, 0.717) is 11.8 Å². The third-order valence-corrected chi connectivity index (χ3v) is 7.14. The number of imidazole rings is 1. The minimum atomic E-state index is 0.372. The molecule has 1 fully saturated rings. The highest BCUT2D eigenvalue weighted by Crippen LogP contribution is 2.53. The van der Waals surface area contributed by atoms with E-state index in [1.165, 1.54) is 11.1 Å². The number of H-pyrrole nitrogens is 1. The number of rotatable bonds is 6. The van der Waals surface area contributed by atoms with Crippen molar-refractivity contribution < 1.29 is 0 Å². The van der Waals surface area contributed by atoms with Crippen molar-refractivity contribution >= 4 is 34.4 Å². The molecule has 7 nitrogen and oxygen atoms in total. The second-order valence-electron chi connectivity index (χ2n) is 7.09. The lowest BCUT2D eigenvalue weighted by molar-refractivity contribution is 0.824. The van der Waals surface area contributed by atoms with Gasteiger partial charge in [0.25, 0.3) is 0 Å². The quantitative estimate of drug-likeness (QED) is 0.304. The van der Waals surface area contributed by atoms with Gasteiger partial charge in [-0.1, -0.05) is 58.1 Å². The molecular weight excluding hydrogens is 497 g/mol. The van der Waals surface area contributed by atoms with Crippen LogP contribution in [-0.2, 0) is 11.5 Å². The Kier molecular flexibility index (Phi) is 5.08. The number of aromatic nitrogens is 7. The third-order valence-electron chi connectivity index (χ3n) is 5.13. The summed E-state index contributed by atoms with van der Waals surface area (Å²) in [5.41, 5.74) is 4.63. The van der Waals surface area contributed by atoms with Crippen LogP contribution in [0.25, 0.3) is 11.3 Å². The second-order valence-corrected chi connectivity index (χ2v) is 8.86. The van der Waals surface area contributed by atoms with Crippen LogP contribution in [0.5, 0.6) is 0 Å². The molecule has 2 atom stereocenters. The van der Waals surface area contributed by atoms with Gasteiger partial charge in [-0.05, 0) is 41.3 Å². The smallest absolute Gasteiger partial charge is 0.178 e. The van der Waals surface area contributed by atoms with E-state index in [-0.39, 0.29) is 0 Å². The number of tetrazole rings is 1. The van der Waals surface area contributed by atoms with Crippen molar-refractivity contribution in [3.05, 3.63) is 65.9 Å². The van der Waals surface area contributed by atoms with E-state index < -0.39 is 0 Å². The summed E-state index contributed by atoms with van der Waals surface area (Å²) < 4.78 is 3.02. The zero-order valence-corrected chi connectivity index (χ0v) is 18.6. The number of aryl methyl sites for hydroxylation is 1. The molecule has 1 saturated carbocycles. The lowest BCUT2D eigenvalue weighted by Crippen LogP contribution is -1.91. The minimum Gasteiger partial charge on any atom is -0.328 e. The molecule has 0 amide bonds. The summed E-state index contributed by atoms with van der Waals surface area (Å²) in [5, 5.41) is 16.5. The normalized spacial score (nSPS) is 18.1. The fourth-order valence-electron chi connectivity index (χ4n) is 3.45. The van der Waals surface area contributed by atoms with Crippen molar-refractivity contribution in [2.45, 2.75) is 32.7 Å². The molecule has 29 heavy (non-hydrogen) atoms. The molecule has 0 saturated heterocycles. The molecule has 1 N–H and O–H groups in total. The first-order chi connectivity index (χ1) is 14.2. The molecule has 1 aliphatic carbocycles. The Morgan fingerprint density at radius 3 is 2.69 bits per heavy atom. The zero-order valence-electron chi connectivity index (χ0n) is 15.7. The Bertz CT molecular complexity index is 1110. The Hall–Kier alpha value is -2.27. The first-order valence-electron chi connectivity index (χ1n) is 9.26. The topological polar surface area (TPSA) is 85.2 Å². The SMILES string of the molecule is Cn1cnc(-c2ccc([C@H]3C[C@@H]3c3nn[nH]n3)cc2)c1Sc1ccc(CI)cn1. The summed E-state index contributed by atoms with van der Waals surface area (Å²) in [4.78, 5) is 9.22. The Morgan fingerprint density at radius 1 is 1.14 bits per heavy atom. The van der Waals surface area contributed by atoms with E-state index in [1.807, 2.05) is 19.6 Å². The zero-order chi connectivity index (χ0) is 19.8. The summed E-state index contributed by atoms with van der Waals surface area (Å²) in [7, 11) is 2.02. The lowest BCUT2D eigenvalue weighted by atomic mass is 10.1. The van der Waals surface area contributed by atoms with E-state index in [2.05, 4.69) is 94.1 Å². The number of benzene rings is 1. The van der Waals surface area contributed by atoms with Gasteiger partial charge in [0.1, 0.15) is 15.7 Å². The second kappa shape index (κ2) is 7.86. The largest absolute Gasteiger partial charge is 0.328 e. The first kappa shape index (κ1) is 18.7. The first-order valence-corrected chi connectivity index (χ1v) is 11.6. The van der Waals surface area contributed by atoms with E-state index in [0.717, 1.165) is 38.0 Å².